The molecule has 0 radical (unpaired) electrons. The number of hydrogen-bond acceptors (Lipinski definition) is 1. The molecule has 1 unspecified atom stereocenters. The molecule has 0 spiro atoms. The summed E-state index contributed by atoms with van der Waals surface area (Å²) < 4.78 is 1.15. The van der Waals surface area contributed by atoms with E-state index in [0.717, 1.165) is 10.9 Å². The Hall–Kier alpha value is -1.12. The van der Waals surface area contributed by atoms with E-state index in [1.807, 2.05) is 0 Å². The van der Waals surface area contributed by atoms with Gasteiger partial charge in [0.1, 0.15) is 0 Å². The predicted molar refractivity (Wildman–Crippen MR) is 92.7 cm³/mol. The van der Waals surface area contributed by atoms with E-state index in [2.05, 4.69) is 70.8 Å². The van der Waals surface area contributed by atoms with E-state index >= 15 is 0 Å². The van der Waals surface area contributed by atoms with Crippen LogP contribution < -0.4 is 5.32 Å². The van der Waals surface area contributed by atoms with E-state index in [1.165, 1.54) is 36.8 Å². The summed E-state index contributed by atoms with van der Waals surface area (Å²) in [6.45, 7) is 0. The molecule has 0 aliphatic heterocycles. The van der Waals surface area contributed by atoms with Gasteiger partial charge in [0.2, 0.25) is 0 Å². The van der Waals surface area contributed by atoms with Crippen molar-refractivity contribution in [1.82, 2.24) is 5.32 Å². The lowest BCUT2D eigenvalue weighted by Gasteiger charge is -2.21. The van der Waals surface area contributed by atoms with Crippen molar-refractivity contribution in [1.29, 1.82) is 0 Å². The van der Waals surface area contributed by atoms with Gasteiger partial charge < -0.3 is 5.32 Å². The van der Waals surface area contributed by atoms with Crippen molar-refractivity contribution in [2.75, 3.05) is 7.05 Å². The highest BCUT2D eigenvalue weighted by Crippen LogP contribution is 2.26. The summed E-state index contributed by atoms with van der Waals surface area (Å²) in [5.74, 6) is 0. The smallest absolute Gasteiger partial charge is 0.0358 e. The van der Waals surface area contributed by atoms with Gasteiger partial charge in [0.15, 0.2) is 0 Å². The molecule has 0 heterocycles. The molecule has 0 saturated carbocycles. The molecule has 0 amide bonds. The maximum absolute atomic E-state index is 3.56. The number of benzene rings is 2. The van der Waals surface area contributed by atoms with E-state index in [9.17, 15) is 0 Å². The van der Waals surface area contributed by atoms with Crippen LogP contribution in [0.1, 0.15) is 41.1 Å². The van der Waals surface area contributed by atoms with E-state index in [0.29, 0.717) is 6.04 Å². The highest BCUT2D eigenvalue weighted by atomic mass is 79.9. The minimum atomic E-state index is 0.381. The molecule has 1 atom stereocenters. The average molecular weight is 344 g/mol. The Morgan fingerprint density at radius 2 is 1.86 bits per heavy atom. The maximum Gasteiger partial charge on any atom is 0.0358 e. The minimum Gasteiger partial charge on any atom is -0.313 e. The molecule has 0 bridgehead atoms. The number of nitrogens with one attached hydrogen (secondary N) is 1. The Balaban J connectivity index is 1.82. The van der Waals surface area contributed by atoms with Crippen LogP contribution in [0.4, 0.5) is 0 Å². The van der Waals surface area contributed by atoms with E-state index < -0.39 is 0 Å². The average Bonchev–Trinajstić information content (AvgIpc) is 2.52. The van der Waals surface area contributed by atoms with Crippen molar-refractivity contribution in [3.8, 4) is 0 Å². The molecule has 0 aromatic heterocycles. The summed E-state index contributed by atoms with van der Waals surface area (Å²) in [6, 6.07) is 16.1. The standard InChI is InChI=1S/C19H22BrN/c1-21-19(12-14-5-4-8-18(20)11-14)17-10-9-15-6-2-3-7-16(15)13-17/h4-5,8-11,13,19,21H,2-3,6-7,12H2,1H3. The van der Waals surface area contributed by atoms with E-state index in [-0.39, 0.29) is 0 Å². The topological polar surface area (TPSA) is 12.0 Å². The molecule has 1 aliphatic rings. The van der Waals surface area contributed by atoms with Crippen LogP contribution in [-0.2, 0) is 19.3 Å². The first kappa shape index (κ1) is 14.8. The van der Waals surface area contributed by atoms with Crippen LogP contribution in [0.15, 0.2) is 46.9 Å². The Labute approximate surface area is 135 Å². The summed E-state index contributed by atoms with van der Waals surface area (Å²) in [5, 5.41) is 3.48. The number of aryl methyl sites for hydroxylation is 2. The highest BCUT2D eigenvalue weighted by molar-refractivity contribution is 9.10. The normalized spacial score (nSPS) is 15.5. The van der Waals surface area contributed by atoms with Gasteiger partial charge in [0.25, 0.3) is 0 Å². The molecule has 3 rings (SSSR count). The Morgan fingerprint density at radius 1 is 1.05 bits per heavy atom. The molecule has 2 heteroatoms. The van der Waals surface area contributed by atoms with Gasteiger partial charge in [0, 0.05) is 10.5 Å². The molecule has 0 saturated heterocycles. The molecule has 2 aromatic carbocycles. The molecule has 1 N–H and O–H groups in total. The highest BCUT2D eigenvalue weighted by Gasteiger charge is 2.14. The van der Waals surface area contributed by atoms with Gasteiger partial charge in [-0.25, -0.2) is 0 Å². The van der Waals surface area contributed by atoms with Crippen molar-refractivity contribution < 1.29 is 0 Å². The summed E-state index contributed by atoms with van der Waals surface area (Å²) in [7, 11) is 2.06. The van der Waals surface area contributed by atoms with Gasteiger partial charge in [-0.05, 0) is 73.5 Å². The number of likely N-dealkylation sites (N-methyl/N-ethyl adjacent to an activating group) is 1. The van der Waals surface area contributed by atoms with Gasteiger partial charge >= 0.3 is 0 Å². The summed E-state index contributed by atoms with van der Waals surface area (Å²) in [4.78, 5) is 0. The molecule has 1 nitrogen and oxygen atoms in total. The van der Waals surface area contributed by atoms with Crippen LogP contribution in [0.25, 0.3) is 0 Å². The van der Waals surface area contributed by atoms with Crippen molar-refractivity contribution in [3.63, 3.8) is 0 Å². The number of rotatable bonds is 4. The molecular weight excluding hydrogens is 322 g/mol. The first-order valence-electron chi connectivity index (χ1n) is 7.79. The minimum absolute atomic E-state index is 0.381. The first-order chi connectivity index (χ1) is 10.3. The lowest BCUT2D eigenvalue weighted by Crippen LogP contribution is -2.19. The van der Waals surface area contributed by atoms with Gasteiger partial charge in [-0.1, -0.05) is 46.3 Å². The van der Waals surface area contributed by atoms with Crippen molar-refractivity contribution in [3.05, 3.63) is 69.2 Å². The quantitative estimate of drug-likeness (QED) is 0.838. The number of fused-ring (bicyclic) bond motifs is 1. The fraction of sp³-hybridized carbons (Fsp3) is 0.368. The molecular formula is C19H22BrN. The molecule has 1 aliphatic carbocycles. The summed E-state index contributed by atoms with van der Waals surface area (Å²) in [6.07, 6.45) is 6.21. The van der Waals surface area contributed by atoms with E-state index in [4.69, 9.17) is 0 Å². The van der Waals surface area contributed by atoms with Crippen LogP contribution in [0, 0.1) is 0 Å². The van der Waals surface area contributed by atoms with Crippen molar-refractivity contribution in [2.24, 2.45) is 0 Å². The van der Waals surface area contributed by atoms with Crippen LogP contribution >= 0.6 is 15.9 Å². The zero-order chi connectivity index (χ0) is 14.7. The monoisotopic (exact) mass is 343 g/mol. The Kier molecular flexibility index (Phi) is 4.77. The summed E-state index contributed by atoms with van der Waals surface area (Å²) >= 11 is 3.56. The largest absolute Gasteiger partial charge is 0.313 e. The molecule has 2 aromatic rings. The second-order valence-electron chi connectivity index (χ2n) is 5.91. The Bertz CT molecular complexity index is 621. The third-order valence-corrected chi connectivity index (χ3v) is 4.95. The zero-order valence-electron chi connectivity index (χ0n) is 12.5. The molecule has 21 heavy (non-hydrogen) atoms. The molecule has 0 fully saturated rings. The number of hydrogen-bond donors (Lipinski definition) is 1. The SMILES string of the molecule is CNC(Cc1cccc(Br)c1)c1ccc2c(c1)CCCC2. The van der Waals surface area contributed by atoms with Crippen LogP contribution in [-0.4, -0.2) is 7.05 Å². The first-order valence-corrected chi connectivity index (χ1v) is 8.59. The van der Waals surface area contributed by atoms with Gasteiger partial charge in [-0.15, -0.1) is 0 Å². The van der Waals surface area contributed by atoms with E-state index in [1.54, 1.807) is 11.1 Å². The second kappa shape index (κ2) is 6.76. The molecule has 110 valence electrons. The predicted octanol–water partition coefficient (Wildman–Crippen LogP) is 4.83. The third-order valence-electron chi connectivity index (χ3n) is 4.45. The lowest BCUT2D eigenvalue weighted by atomic mass is 9.88. The zero-order valence-corrected chi connectivity index (χ0v) is 14.1. The number of halogens is 1. The summed E-state index contributed by atoms with van der Waals surface area (Å²) in [5.41, 5.74) is 5.90. The second-order valence-corrected chi connectivity index (χ2v) is 6.83. The van der Waals surface area contributed by atoms with Crippen LogP contribution in [0.3, 0.4) is 0 Å². The fourth-order valence-electron chi connectivity index (χ4n) is 3.26. The van der Waals surface area contributed by atoms with Crippen molar-refractivity contribution in [2.45, 2.75) is 38.1 Å². The van der Waals surface area contributed by atoms with Crippen LogP contribution in [0.5, 0.6) is 0 Å². The fourth-order valence-corrected chi connectivity index (χ4v) is 3.70. The van der Waals surface area contributed by atoms with Gasteiger partial charge in [-0.3, -0.25) is 0 Å². The lowest BCUT2D eigenvalue weighted by molar-refractivity contribution is 0.588. The van der Waals surface area contributed by atoms with Crippen LogP contribution in [0.2, 0.25) is 0 Å². The Morgan fingerprint density at radius 3 is 2.62 bits per heavy atom. The van der Waals surface area contributed by atoms with Crippen molar-refractivity contribution >= 4 is 15.9 Å². The maximum atomic E-state index is 3.56. The third kappa shape index (κ3) is 3.56. The van der Waals surface area contributed by atoms with Gasteiger partial charge in [-0.2, -0.15) is 0 Å². The van der Waals surface area contributed by atoms with Gasteiger partial charge in [0.05, 0.1) is 0 Å².